The summed E-state index contributed by atoms with van der Waals surface area (Å²) < 4.78 is 16.5. The average molecular weight is 344 g/mol. The van der Waals surface area contributed by atoms with Crippen LogP contribution in [0.25, 0.3) is 0 Å². The van der Waals surface area contributed by atoms with E-state index in [9.17, 15) is 4.79 Å². The van der Waals surface area contributed by atoms with Crippen molar-refractivity contribution in [3.8, 4) is 0 Å². The molecule has 1 aliphatic heterocycles. The van der Waals surface area contributed by atoms with Gasteiger partial charge in [0.25, 0.3) is 5.91 Å². The number of hydrogen-bond acceptors (Lipinski definition) is 5. The molecule has 1 saturated heterocycles. The van der Waals surface area contributed by atoms with Crippen LogP contribution in [0.15, 0.2) is 41.3 Å². The highest BCUT2D eigenvalue weighted by Crippen LogP contribution is 2.27. The molecule has 0 unspecified atom stereocenters. The van der Waals surface area contributed by atoms with Gasteiger partial charge in [0.2, 0.25) is 0 Å². The Balaban J connectivity index is 1.78. The first-order valence-electron chi connectivity index (χ1n) is 8.55. The molecule has 25 heavy (non-hydrogen) atoms. The van der Waals surface area contributed by atoms with Gasteiger partial charge in [-0.3, -0.25) is 9.78 Å². The predicted octanol–water partition coefficient (Wildman–Crippen LogP) is 2.47. The molecule has 6 nitrogen and oxygen atoms in total. The van der Waals surface area contributed by atoms with Crippen molar-refractivity contribution in [2.45, 2.75) is 31.9 Å². The minimum Gasteiger partial charge on any atom is -0.459 e. The van der Waals surface area contributed by atoms with Crippen molar-refractivity contribution in [2.75, 3.05) is 26.9 Å². The maximum atomic E-state index is 12.9. The van der Waals surface area contributed by atoms with Crippen molar-refractivity contribution < 1.29 is 18.7 Å². The van der Waals surface area contributed by atoms with Crippen LogP contribution in [0.5, 0.6) is 0 Å². The van der Waals surface area contributed by atoms with E-state index in [0.717, 1.165) is 17.5 Å². The second-order valence-corrected chi connectivity index (χ2v) is 6.25. The lowest BCUT2D eigenvalue weighted by Crippen LogP contribution is -2.42. The third kappa shape index (κ3) is 4.08. The van der Waals surface area contributed by atoms with Crippen molar-refractivity contribution in [1.29, 1.82) is 0 Å². The van der Waals surface area contributed by atoms with Crippen LogP contribution >= 0.6 is 0 Å². The van der Waals surface area contributed by atoms with Crippen LogP contribution in [-0.4, -0.2) is 54.8 Å². The van der Waals surface area contributed by atoms with Crippen LogP contribution in [0.3, 0.4) is 0 Å². The Morgan fingerprint density at radius 3 is 2.96 bits per heavy atom. The molecule has 0 aromatic carbocycles. The molecular weight excluding hydrogens is 320 g/mol. The summed E-state index contributed by atoms with van der Waals surface area (Å²) in [4.78, 5) is 19.0. The third-order valence-electron chi connectivity index (χ3n) is 4.59. The van der Waals surface area contributed by atoms with Crippen LogP contribution in [0.2, 0.25) is 0 Å². The number of hydrogen-bond donors (Lipinski definition) is 0. The number of pyridine rings is 1. The SMILES string of the molecule is COCCO[C@@H]1CCN(C(=O)c2occc2C)[C@@H]1Cc1cccnc1. The minimum atomic E-state index is -0.0748. The molecule has 2 aromatic heterocycles. The van der Waals surface area contributed by atoms with E-state index in [2.05, 4.69) is 4.98 Å². The van der Waals surface area contributed by atoms with E-state index >= 15 is 0 Å². The minimum absolute atomic E-state index is 0.0189. The Morgan fingerprint density at radius 2 is 2.28 bits per heavy atom. The van der Waals surface area contributed by atoms with E-state index < -0.39 is 0 Å². The third-order valence-corrected chi connectivity index (χ3v) is 4.59. The molecule has 1 amide bonds. The molecule has 2 aromatic rings. The number of amides is 1. The standard InChI is InChI=1S/C19H24N2O4/c1-14-6-9-25-18(14)19(22)21-8-5-17(24-11-10-23-2)16(21)12-15-4-3-7-20-13-15/h3-4,6-7,9,13,16-17H,5,8,10-12H2,1-2H3/t16-,17-/m1/s1. The molecule has 3 rings (SSSR count). The van der Waals surface area contributed by atoms with E-state index in [1.165, 1.54) is 0 Å². The molecule has 2 atom stereocenters. The number of methoxy groups -OCH3 is 1. The fraction of sp³-hybridized carbons (Fsp3) is 0.474. The van der Waals surface area contributed by atoms with Gasteiger partial charge in [-0.15, -0.1) is 0 Å². The van der Waals surface area contributed by atoms with E-state index in [1.807, 2.05) is 36.2 Å². The fourth-order valence-corrected chi connectivity index (χ4v) is 3.28. The highest BCUT2D eigenvalue weighted by atomic mass is 16.5. The van der Waals surface area contributed by atoms with Crippen molar-refractivity contribution in [1.82, 2.24) is 9.88 Å². The van der Waals surface area contributed by atoms with Gasteiger partial charge in [0, 0.05) is 31.6 Å². The number of nitrogens with zero attached hydrogens (tertiary/aromatic N) is 2. The summed E-state index contributed by atoms with van der Waals surface area (Å²) in [6.45, 7) is 3.60. The van der Waals surface area contributed by atoms with E-state index in [1.54, 1.807) is 19.6 Å². The molecule has 0 radical (unpaired) electrons. The Labute approximate surface area is 147 Å². The van der Waals surface area contributed by atoms with Crippen molar-refractivity contribution in [3.05, 3.63) is 53.7 Å². The van der Waals surface area contributed by atoms with E-state index in [0.29, 0.717) is 31.9 Å². The summed E-state index contributed by atoms with van der Waals surface area (Å²) in [5, 5.41) is 0. The molecule has 6 heteroatoms. The summed E-state index contributed by atoms with van der Waals surface area (Å²) in [6.07, 6.45) is 6.64. The predicted molar refractivity (Wildman–Crippen MR) is 92.4 cm³/mol. The summed E-state index contributed by atoms with van der Waals surface area (Å²) in [7, 11) is 1.65. The lowest BCUT2D eigenvalue weighted by Gasteiger charge is -2.28. The zero-order valence-corrected chi connectivity index (χ0v) is 14.7. The Hall–Kier alpha value is -2.18. The first-order chi connectivity index (χ1) is 12.2. The Morgan fingerprint density at radius 1 is 1.40 bits per heavy atom. The summed E-state index contributed by atoms with van der Waals surface area (Å²) in [5.74, 6) is 0.336. The zero-order valence-electron chi connectivity index (χ0n) is 14.7. The number of rotatable bonds is 7. The number of furan rings is 1. The van der Waals surface area contributed by atoms with Crippen molar-refractivity contribution >= 4 is 5.91 Å². The largest absolute Gasteiger partial charge is 0.459 e. The smallest absolute Gasteiger partial charge is 0.290 e. The highest BCUT2D eigenvalue weighted by molar-refractivity contribution is 5.93. The number of carbonyl (C=O) groups is 1. The number of aromatic nitrogens is 1. The van der Waals surface area contributed by atoms with Gasteiger partial charge in [-0.1, -0.05) is 6.07 Å². The van der Waals surface area contributed by atoms with Crippen LogP contribution in [0, 0.1) is 6.92 Å². The fourth-order valence-electron chi connectivity index (χ4n) is 3.28. The van der Waals surface area contributed by atoms with Crippen LogP contribution < -0.4 is 0 Å². The number of aryl methyl sites for hydroxylation is 1. The molecule has 0 bridgehead atoms. The van der Waals surface area contributed by atoms with E-state index in [-0.39, 0.29) is 18.1 Å². The highest BCUT2D eigenvalue weighted by Gasteiger charge is 2.39. The maximum Gasteiger partial charge on any atom is 0.290 e. The monoisotopic (exact) mass is 344 g/mol. The number of likely N-dealkylation sites (tertiary alicyclic amines) is 1. The van der Waals surface area contributed by atoms with Gasteiger partial charge >= 0.3 is 0 Å². The molecule has 0 aliphatic carbocycles. The first kappa shape index (κ1) is 17.6. The first-order valence-corrected chi connectivity index (χ1v) is 8.55. The maximum absolute atomic E-state index is 12.9. The lowest BCUT2D eigenvalue weighted by molar-refractivity contribution is 0.0000757. The summed E-state index contributed by atoms with van der Waals surface area (Å²) in [5.41, 5.74) is 1.94. The molecule has 0 spiro atoms. The number of carbonyl (C=O) groups excluding carboxylic acids is 1. The molecule has 1 fully saturated rings. The quantitative estimate of drug-likeness (QED) is 0.722. The van der Waals surface area contributed by atoms with E-state index in [4.69, 9.17) is 13.9 Å². The van der Waals surface area contributed by atoms with Gasteiger partial charge in [0.15, 0.2) is 5.76 Å². The second kappa shape index (κ2) is 8.27. The average Bonchev–Trinajstić information content (AvgIpc) is 3.22. The van der Waals surface area contributed by atoms with Gasteiger partial charge in [-0.05, 0) is 37.5 Å². The van der Waals surface area contributed by atoms with Gasteiger partial charge < -0.3 is 18.8 Å². The molecule has 3 heterocycles. The van der Waals surface area contributed by atoms with Gasteiger partial charge in [0.05, 0.1) is 31.6 Å². The van der Waals surface area contributed by atoms with Gasteiger partial charge in [-0.25, -0.2) is 0 Å². The Bertz CT molecular complexity index is 686. The summed E-state index contributed by atoms with van der Waals surface area (Å²) >= 11 is 0. The summed E-state index contributed by atoms with van der Waals surface area (Å²) in [6, 6.07) is 5.70. The molecule has 1 aliphatic rings. The van der Waals surface area contributed by atoms with Crippen LogP contribution in [0.4, 0.5) is 0 Å². The van der Waals surface area contributed by atoms with Crippen LogP contribution in [-0.2, 0) is 15.9 Å². The molecule has 134 valence electrons. The van der Waals surface area contributed by atoms with Crippen LogP contribution in [0.1, 0.15) is 28.1 Å². The lowest BCUT2D eigenvalue weighted by atomic mass is 10.0. The second-order valence-electron chi connectivity index (χ2n) is 6.25. The van der Waals surface area contributed by atoms with Gasteiger partial charge in [0.1, 0.15) is 0 Å². The van der Waals surface area contributed by atoms with Crippen molar-refractivity contribution in [3.63, 3.8) is 0 Å². The molecular formula is C19H24N2O4. The Kier molecular flexibility index (Phi) is 5.83. The molecule has 0 N–H and O–H groups in total. The van der Waals surface area contributed by atoms with Gasteiger partial charge in [-0.2, -0.15) is 0 Å². The van der Waals surface area contributed by atoms with Crippen molar-refractivity contribution in [2.24, 2.45) is 0 Å². The molecule has 0 saturated carbocycles. The normalized spacial score (nSPS) is 20.2. The topological polar surface area (TPSA) is 64.8 Å². The zero-order chi connectivity index (χ0) is 17.6. The number of ether oxygens (including phenoxy) is 2.